The highest BCUT2D eigenvalue weighted by Crippen LogP contribution is 2.27. The van der Waals surface area contributed by atoms with E-state index in [-0.39, 0.29) is 5.91 Å². The Hall–Kier alpha value is -4.57. The summed E-state index contributed by atoms with van der Waals surface area (Å²) in [6.07, 6.45) is 3.44. The van der Waals surface area contributed by atoms with Gasteiger partial charge in [-0.05, 0) is 75.2 Å². The van der Waals surface area contributed by atoms with Crippen LogP contribution in [0, 0.1) is 25.2 Å². The number of anilines is 3. The molecule has 174 valence electrons. The molecule has 0 aliphatic carbocycles. The van der Waals surface area contributed by atoms with Gasteiger partial charge in [0.25, 0.3) is 5.91 Å². The first-order valence-corrected chi connectivity index (χ1v) is 11.2. The Kier molecular flexibility index (Phi) is 6.56. The molecule has 0 saturated heterocycles. The lowest BCUT2D eigenvalue weighted by atomic mass is 9.85. The molecule has 2 N–H and O–H groups in total. The summed E-state index contributed by atoms with van der Waals surface area (Å²) in [4.78, 5) is 26.3. The number of amides is 1. The van der Waals surface area contributed by atoms with E-state index in [4.69, 9.17) is 0 Å². The molecule has 7 heteroatoms. The van der Waals surface area contributed by atoms with Gasteiger partial charge in [0.05, 0.1) is 11.5 Å². The van der Waals surface area contributed by atoms with Crippen LogP contribution in [-0.4, -0.2) is 20.9 Å². The number of nitrogens with one attached hydrogen (secondary N) is 2. The van der Waals surface area contributed by atoms with Gasteiger partial charge in [-0.2, -0.15) is 5.26 Å². The Labute approximate surface area is 204 Å². The molecule has 2 aromatic heterocycles. The van der Waals surface area contributed by atoms with Crippen molar-refractivity contribution in [3.05, 3.63) is 95.4 Å². The Morgan fingerprint density at radius 3 is 2.57 bits per heavy atom. The van der Waals surface area contributed by atoms with Crippen molar-refractivity contribution in [1.82, 2.24) is 15.0 Å². The number of hydrogen-bond acceptors (Lipinski definition) is 6. The highest BCUT2D eigenvalue weighted by Gasteiger charge is 2.21. The first kappa shape index (κ1) is 23.6. The molecule has 0 aliphatic rings. The van der Waals surface area contributed by atoms with Crippen LogP contribution in [0.2, 0.25) is 0 Å². The van der Waals surface area contributed by atoms with Crippen LogP contribution in [0.15, 0.2) is 73.1 Å². The minimum atomic E-state index is -0.679. The lowest BCUT2D eigenvalue weighted by molar-refractivity contribution is 0.102. The van der Waals surface area contributed by atoms with Gasteiger partial charge in [0.1, 0.15) is 5.82 Å². The molecule has 0 radical (unpaired) electrons. The summed E-state index contributed by atoms with van der Waals surface area (Å²) < 4.78 is 0. The number of nitriles is 1. The Balaban J connectivity index is 1.57. The Morgan fingerprint density at radius 2 is 1.83 bits per heavy atom. The second-order valence-corrected chi connectivity index (χ2v) is 8.89. The molecule has 7 nitrogen and oxygen atoms in total. The molecule has 0 unspecified atom stereocenters. The topological polar surface area (TPSA) is 104 Å². The molecule has 0 fully saturated rings. The van der Waals surface area contributed by atoms with Crippen LogP contribution in [0.1, 0.15) is 41.0 Å². The summed E-state index contributed by atoms with van der Waals surface area (Å²) in [5, 5.41) is 15.7. The molecule has 0 saturated carbocycles. The van der Waals surface area contributed by atoms with Crippen LogP contribution in [0.4, 0.5) is 17.2 Å². The zero-order valence-corrected chi connectivity index (χ0v) is 20.1. The first-order valence-electron chi connectivity index (χ1n) is 11.2. The number of nitrogens with zero attached hydrogens (tertiary/aromatic N) is 4. The van der Waals surface area contributed by atoms with Crippen molar-refractivity contribution in [2.45, 2.75) is 33.1 Å². The van der Waals surface area contributed by atoms with E-state index in [0.29, 0.717) is 22.9 Å². The molecule has 0 aliphatic heterocycles. The molecule has 1 amide bonds. The van der Waals surface area contributed by atoms with Gasteiger partial charge in [-0.1, -0.05) is 18.2 Å². The predicted octanol–water partition coefficient (Wildman–Crippen LogP) is 5.95. The van der Waals surface area contributed by atoms with Gasteiger partial charge in [-0.15, -0.1) is 0 Å². The second-order valence-electron chi connectivity index (χ2n) is 8.89. The quantitative estimate of drug-likeness (QED) is 0.367. The number of aromatic nitrogens is 3. The highest BCUT2D eigenvalue weighted by molar-refractivity contribution is 6.04. The van der Waals surface area contributed by atoms with E-state index in [2.05, 4.69) is 31.7 Å². The second kappa shape index (κ2) is 9.74. The molecule has 35 heavy (non-hydrogen) atoms. The van der Waals surface area contributed by atoms with Gasteiger partial charge >= 0.3 is 0 Å². The fourth-order valence-corrected chi connectivity index (χ4v) is 3.55. The van der Waals surface area contributed by atoms with Crippen LogP contribution in [0.5, 0.6) is 0 Å². The summed E-state index contributed by atoms with van der Waals surface area (Å²) in [6, 6.07) is 20.7. The molecular formula is C28H26N6O. The molecule has 2 aromatic carbocycles. The summed E-state index contributed by atoms with van der Waals surface area (Å²) in [6.45, 7) is 7.56. The molecular weight excluding hydrogens is 436 g/mol. The molecule has 0 bridgehead atoms. The first-order chi connectivity index (χ1) is 16.7. The van der Waals surface area contributed by atoms with Crippen LogP contribution < -0.4 is 10.6 Å². The van der Waals surface area contributed by atoms with Crippen LogP contribution in [0.3, 0.4) is 0 Å². The summed E-state index contributed by atoms with van der Waals surface area (Å²) in [5.41, 5.74) is 4.73. The van der Waals surface area contributed by atoms with Gasteiger partial charge < -0.3 is 10.6 Å². The Bertz CT molecular complexity index is 1420. The lowest BCUT2D eigenvalue weighted by Gasteiger charge is -2.17. The minimum absolute atomic E-state index is 0.243. The third-order valence-corrected chi connectivity index (χ3v) is 5.66. The zero-order valence-electron chi connectivity index (χ0n) is 20.1. The van der Waals surface area contributed by atoms with E-state index < -0.39 is 5.41 Å². The molecule has 0 spiro atoms. The number of carbonyl (C=O) groups is 1. The fraction of sp³-hybridized carbons (Fsp3) is 0.179. The molecule has 2 heterocycles. The maximum Gasteiger partial charge on any atom is 0.255 e. The maximum atomic E-state index is 12.9. The number of aryl methyl sites for hydroxylation is 2. The average molecular weight is 463 g/mol. The molecule has 0 atom stereocenters. The maximum absolute atomic E-state index is 12.9. The van der Waals surface area contributed by atoms with E-state index in [9.17, 15) is 10.1 Å². The fourth-order valence-electron chi connectivity index (χ4n) is 3.55. The molecule has 4 aromatic rings. The largest absolute Gasteiger partial charge is 0.340 e. The number of carbonyl (C=O) groups excluding carboxylic acids is 1. The van der Waals surface area contributed by atoms with Gasteiger partial charge in [0.15, 0.2) is 5.82 Å². The van der Waals surface area contributed by atoms with Gasteiger partial charge in [0.2, 0.25) is 0 Å². The number of rotatable bonds is 6. The van der Waals surface area contributed by atoms with Crippen molar-refractivity contribution in [2.24, 2.45) is 0 Å². The van der Waals surface area contributed by atoms with E-state index in [1.807, 2.05) is 70.2 Å². The minimum Gasteiger partial charge on any atom is -0.340 e. The summed E-state index contributed by atoms with van der Waals surface area (Å²) in [5.74, 6) is 0.990. The van der Waals surface area contributed by atoms with E-state index in [0.717, 1.165) is 28.1 Å². The standard InChI is InChI=1S/C28H26N6O/c1-18-10-11-23(32-27(35)20-7-5-9-22(14-20)28(3,4)17-29)15-24(18)33-25-13-19(2)31-26(34-25)21-8-6-12-30-16-21/h5-16H,1-4H3,(H,32,35)(H,31,33,34). The van der Waals surface area contributed by atoms with Crippen molar-refractivity contribution in [3.8, 4) is 17.5 Å². The van der Waals surface area contributed by atoms with E-state index in [1.54, 1.807) is 30.6 Å². The van der Waals surface area contributed by atoms with Gasteiger partial charge in [-0.25, -0.2) is 9.97 Å². The predicted molar refractivity (Wildman–Crippen MR) is 137 cm³/mol. The van der Waals surface area contributed by atoms with Crippen molar-refractivity contribution in [3.63, 3.8) is 0 Å². The summed E-state index contributed by atoms with van der Waals surface area (Å²) >= 11 is 0. The highest BCUT2D eigenvalue weighted by atomic mass is 16.1. The number of pyridine rings is 1. The average Bonchev–Trinajstić information content (AvgIpc) is 2.86. The van der Waals surface area contributed by atoms with Crippen molar-refractivity contribution >= 4 is 23.1 Å². The van der Waals surface area contributed by atoms with Crippen molar-refractivity contribution in [2.75, 3.05) is 10.6 Å². The van der Waals surface area contributed by atoms with Crippen LogP contribution in [-0.2, 0) is 5.41 Å². The molecule has 4 rings (SSSR count). The van der Waals surface area contributed by atoms with Gasteiger partial charge in [0, 0.05) is 46.7 Å². The van der Waals surface area contributed by atoms with Crippen LogP contribution in [0.25, 0.3) is 11.4 Å². The Morgan fingerprint density at radius 1 is 1.00 bits per heavy atom. The smallest absolute Gasteiger partial charge is 0.255 e. The van der Waals surface area contributed by atoms with Crippen LogP contribution >= 0.6 is 0 Å². The lowest BCUT2D eigenvalue weighted by Crippen LogP contribution is -2.17. The number of hydrogen-bond donors (Lipinski definition) is 2. The van der Waals surface area contributed by atoms with Crippen molar-refractivity contribution in [1.29, 1.82) is 5.26 Å². The SMILES string of the molecule is Cc1cc(Nc2cc(NC(=O)c3cccc(C(C)(C)C#N)c3)ccc2C)nc(-c2cccnc2)n1. The monoisotopic (exact) mass is 462 g/mol. The third-order valence-electron chi connectivity index (χ3n) is 5.66. The normalized spacial score (nSPS) is 10.9. The van der Waals surface area contributed by atoms with E-state index in [1.165, 1.54) is 0 Å². The third kappa shape index (κ3) is 5.50. The van der Waals surface area contributed by atoms with Crippen molar-refractivity contribution < 1.29 is 4.79 Å². The zero-order chi connectivity index (χ0) is 25.0. The van der Waals surface area contributed by atoms with Gasteiger partial charge in [-0.3, -0.25) is 9.78 Å². The van der Waals surface area contributed by atoms with E-state index >= 15 is 0 Å². The summed E-state index contributed by atoms with van der Waals surface area (Å²) in [7, 11) is 0. The number of benzene rings is 2.